The van der Waals surface area contributed by atoms with Gasteiger partial charge in [-0.2, -0.15) is 0 Å². The van der Waals surface area contributed by atoms with Gasteiger partial charge in [-0.1, -0.05) is 40.7 Å². The van der Waals surface area contributed by atoms with Crippen LogP contribution in [0.4, 0.5) is 0 Å². The van der Waals surface area contributed by atoms with Crippen molar-refractivity contribution in [3.05, 3.63) is 12.2 Å². The molecule has 2 N–H and O–H groups in total. The molecule has 3 nitrogen and oxygen atoms in total. The highest BCUT2D eigenvalue weighted by molar-refractivity contribution is 5.66. The van der Waals surface area contributed by atoms with Gasteiger partial charge in [0.1, 0.15) is 0 Å². The maximum Gasteiger partial charge on any atom is 0.303 e. The van der Waals surface area contributed by atoms with E-state index in [1.807, 2.05) is 6.92 Å². The summed E-state index contributed by atoms with van der Waals surface area (Å²) in [6, 6.07) is 0. The lowest BCUT2D eigenvalue weighted by Gasteiger charge is -2.59. The van der Waals surface area contributed by atoms with Crippen molar-refractivity contribution >= 4 is 5.97 Å². The molecule has 23 heavy (non-hydrogen) atoms. The molecule has 0 radical (unpaired) electrons. The largest absolute Gasteiger partial charge is 0.481 e. The molecule has 5 atom stereocenters. The first-order valence-electron chi connectivity index (χ1n) is 9.16. The number of aliphatic hydroxyl groups is 1. The molecular weight excluding hydrogens is 288 g/mol. The summed E-state index contributed by atoms with van der Waals surface area (Å²) in [7, 11) is 0. The monoisotopic (exact) mass is 322 g/mol. The van der Waals surface area contributed by atoms with E-state index in [0.717, 1.165) is 24.8 Å². The molecule has 0 bridgehead atoms. The molecule has 0 unspecified atom stereocenters. The molecule has 2 saturated carbocycles. The summed E-state index contributed by atoms with van der Waals surface area (Å²) in [5, 5.41) is 19.5. The average molecular weight is 322 g/mol. The van der Waals surface area contributed by atoms with Crippen LogP contribution < -0.4 is 0 Å². The topological polar surface area (TPSA) is 57.5 Å². The number of hydrogen-bond acceptors (Lipinski definition) is 2. The minimum Gasteiger partial charge on any atom is -0.481 e. The van der Waals surface area contributed by atoms with E-state index in [2.05, 4.69) is 27.4 Å². The highest BCUT2D eigenvalue weighted by Crippen LogP contribution is 2.61. The van der Waals surface area contributed by atoms with Gasteiger partial charge in [0, 0.05) is 6.42 Å². The van der Waals surface area contributed by atoms with Crippen molar-refractivity contribution in [2.75, 3.05) is 0 Å². The number of aliphatic carboxylic acids is 1. The van der Waals surface area contributed by atoms with Gasteiger partial charge in [0.2, 0.25) is 0 Å². The minimum absolute atomic E-state index is 0.179. The van der Waals surface area contributed by atoms with Gasteiger partial charge in [-0.25, -0.2) is 0 Å². The second kappa shape index (κ2) is 6.58. The van der Waals surface area contributed by atoms with Crippen LogP contribution in [0.15, 0.2) is 12.2 Å². The summed E-state index contributed by atoms with van der Waals surface area (Å²) in [4.78, 5) is 10.9. The Hall–Kier alpha value is -0.830. The fourth-order valence-corrected chi connectivity index (χ4v) is 5.57. The van der Waals surface area contributed by atoms with Crippen LogP contribution in [-0.4, -0.2) is 22.3 Å². The van der Waals surface area contributed by atoms with Crippen LogP contribution in [0.5, 0.6) is 0 Å². The van der Waals surface area contributed by atoms with Crippen LogP contribution in [0.1, 0.15) is 72.6 Å². The van der Waals surface area contributed by atoms with Crippen LogP contribution >= 0.6 is 0 Å². The van der Waals surface area contributed by atoms with Crippen LogP contribution in [0, 0.1) is 28.6 Å². The number of fused-ring (bicyclic) bond motifs is 1. The summed E-state index contributed by atoms with van der Waals surface area (Å²) >= 11 is 0. The predicted octanol–water partition coefficient (Wildman–Crippen LogP) is 4.65. The van der Waals surface area contributed by atoms with E-state index in [1.54, 1.807) is 0 Å². The third kappa shape index (κ3) is 3.65. The van der Waals surface area contributed by atoms with E-state index in [4.69, 9.17) is 5.11 Å². The van der Waals surface area contributed by atoms with Gasteiger partial charge >= 0.3 is 5.97 Å². The molecule has 0 heterocycles. The first-order valence-corrected chi connectivity index (χ1v) is 9.16. The Morgan fingerprint density at radius 2 is 2.00 bits per heavy atom. The van der Waals surface area contributed by atoms with Crippen molar-refractivity contribution < 1.29 is 15.0 Å². The quantitative estimate of drug-likeness (QED) is 0.725. The van der Waals surface area contributed by atoms with E-state index in [9.17, 15) is 9.90 Å². The Morgan fingerprint density at radius 3 is 2.61 bits per heavy atom. The van der Waals surface area contributed by atoms with Crippen molar-refractivity contribution in [3.8, 4) is 0 Å². The molecular formula is C20H34O3. The number of hydrogen-bond donors (Lipinski definition) is 2. The summed E-state index contributed by atoms with van der Waals surface area (Å²) in [5.41, 5.74) is 1.45. The van der Waals surface area contributed by atoms with Gasteiger partial charge in [0.15, 0.2) is 0 Å². The van der Waals surface area contributed by atoms with Crippen molar-refractivity contribution in [1.29, 1.82) is 0 Å². The smallest absolute Gasteiger partial charge is 0.303 e. The lowest BCUT2D eigenvalue weighted by molar-refractivity contribution is -0.138. The molecule has 0 aromatic heterocycles. The Bertz CT molecular complexity index is 468. The van der Waals surface area contributed by atoms with E-state index in [0.29, 0.717) is 11.8 Å². The van der Waals surface area contributed by atoms with Crippen molar-refractivity contribution in [2.24, 2.45) is 28.6 Å². The second-order valence-electron chi connectivity index (χ2n) is 9.06. The maximum atomic E-state index is 10.9. The zero-order chi connectivity index (χ0) is 17.4. The molecule has 2 aliphatic carbocycles. The van der Waals surface area contributed by atoms with E-state index >= 15 is 0 Å². The minimum atomic E-state index is -0.720. The van der Waals surface area contributed by atoms with Crippen LogP contribution in [0.25, 0.3) is 0 Å². The van der Waals surface area contributed by atoms with Gasteiger partial charge in [-0.05, 0) is 66.3 Å². The molecule has 0 amide bonds. The van der Waals surface area contributed by atoms with Gasteiger partial charge in [-0.15, -0.1) is 0 Å². The fourth-order valence-electron chi connectivity index (χ4n) is 5.57. The molecule has 0 aliphatic heterocycles. The summed E-state index contributed by atoms with van der Waals surface area (Å²) in [6.07, 6.45) is 6.19. The summed E-state index contributed by atoms with van der Waals surface area (Å²) < 4.78 is 0. The number of carbonyl (C=O) groups is 1. The lowest BCUT2D eigenvalue weighted by Crippen LogP contribution is -2.52. The molecule has 132 valence electrons. The zero-order valence-electron chi connectivity index (χ0n) is 15.3. The SMILES string of the molecule is C=C1[C@H](O)C[C@H]2C(C)(C)CCC[C@]2(C)[C@H]1CC[C@@H](C)CC(=O)O. The molecule has 0 aromatic rings. The predicted molar refractivity (Wildman–Crippen MR) is 93.1 cm³/mol. The number of carboxylic acid groups (broad SMARTS) is 1. The second-order valence-corrected chi connectivity index (χ2v) is 9.06. The highest BCUT2D eigenvalue weighted by Gasteiger charge is 2.54. The maximum absolute atomic E-state index is 10.9. The first kappa shape index (κ1) is 18.5. The molecule has 0 saturated heterocycles. The van der Waals surface area contributed by atoms with Gasteiger partial charge in [-0.3, -0.25) is 4.79 Å². The van der Waals surface area contributed by atoms with Gasteiger partial charge < -0.3 is 10.2 Å². The van der Waals surface area contributed by atoms with Crippen molar-refractivity contribution in [3.63, 3.8) is 0 Å². The molecule has 3 heteroatoms. The van der Waals surface area contributed by atoms with E-state index in [-0.39, 0.29) is 23.2 Å². The molecule has 2 fully saturated rings. The summed E-state index contributed by atoms with van der Waals surface area (Å²) in [6.45, 7) is 13.3. The standard InChI is InChI=1S/C20H34O3/c1-13(11-18(22)23)7-8-15-14(2)16(21)12-17-19(3,4)9-6-10-20(15,17)5/h13,15-17,21H,2,6-12H2,1,3-5H3,(H,22,23)/t13-,15+,16-,17+,20-/m1/s1. The third-order valence-electron chi connectivity index (χ3n) is 6.88. The van der Waals surface area contributed by atoms with Crippen LogP contribution in [-0.2, 0) is 4.79 Å². The Morgan fingerprint density at radius 1 is 1.35 bits per heavy atom. The Kier molecular flexibility index (Phi) is 5.30. The fraction of sp³-hybridized carbons (Fsp3) is 0.850. The zero-order valence-corrected chi connectivity index (χ0v) is 15.3. The van der Waals surface area contributed by atoms with Gasteiger partial charge in [0.25, 0.3) is 0 Å². The van der Waals surface area contributed by atoms with E-state index in [1.165, 1.54) is 19.3 Å². The molecule has 0 aromatic carbocycles. The Labute approximate surface area is 141 Å². The van der Waals surface area contributed by atoms with Crippen molar-refractivity contribution in [1.82, 2.24) is 0 Å². The normalized spacial score (nSPS) is 38.0. The summed E-state index contributed by atoms with van der Waals surface area (Å²) in [5.74, 6) is 0.289. The first-order chi connectivity index (χ1) is 10.6. The van der Waals surface area contributed by atoms with Crippen LogP contribution in [0.3, 0.4) is 0 Å². The van der Waals surface area contributed by atoms with Gasteiger partial charge in [0.05, 0.1) is 6.10 Å². The molecule has 2 rings (SSSR count). The van der Waals surface area contributed by atoms with Crippen molar-refractivity contribution in [2.45, 2.75) is 78.7 Å². The molecule has 2 aliphatic rings. The number of rotatable bonds is 5. The number of aliphatic hydroxyl groups excluding tert-OH is 1. The average Bonchev–Trinajstić information content (AvgIpc) is 2.40. The number of carboxylic acids is 1. The van der Waals surface area contributed by atoms with Crippen LogP contribution in [0.2, 0.25) is 0 Å². The Balaban J connectivity index is 2.17. The molecule has 0 spiro atoms. The lowest BCUT2D eigenvalue weighted by atomic mass is 9.46. The highest BCUT2D eigenvalue weighted by atomic mass is 16.4. The third-order valence-corrected chi connectivity index (χ3v) is 6.88. The van der Waals surface area contributed by atoms with E-state index < -0.39 is 12.1 Å².